The average molecular weight is 282 g/mol. The average Bonchev–Trinajstić information content (AvgIpc) is 2.39. The van der Waals surface area contributed by atoms with Crippen molar-refractivity contribution >= 4 is 5.91 Å². The van der Waals surface area contributed by atoms with E-state index in [1.807, 2.05) is 18.7 Å². The van der Waals surface area contributed by atoms with Gasteiger partial charge in [-0.25, -0.2) is 4.39 Å². The van der Waals surface area contributed by atoms with E-state index in [0.717, 1.165) is 5.56 Å². The number of aryl methyl sites for hydroxylation is 1. The smallest absolute Gasteiger partial charge is 0.234 e. The molecule has 0 saturated heterocycles. The molecule has 0 unspecified atom stereocenters. The lowest BCUT2D eigenvalue weighted by Gasteiger charge is -2.24. The fraction of sp³-hybridized carbons (Fsp3) is 0.533. The Hall–Kier alpha value is -1.46. The van der Waals surface area contributed by atoms with Gasteiger partial charge in [0.1, 0.15) is 5.82 Å². The number of amides is 1. The van der Waals surface area contributed by atoms with Crippen LogP contribution in [0.15, 0.2) is 18.2 Å². The SMILES string of the molecule is Cc1ccc(CNC(=O)CN(CCO)C(C)C)cc1F. The number of nitrogens with one attached hydrogen (secondary N) is 1. The Morgan fingerprint density at radius 2 is 2.15 bits per heavy atom. The van der Waals surface area contributed by atoms with Crippen LogP contribution in [0.1, 0.15) is 25.0 Å². The summed E-state index contributed by atoms with van der Waals surface area (Å²) in [6, 6.07) is 5.11. The molecule has 0 spiro atoms. The van der Waals surface area contributed by atoms with Gasteiger partial charge in [-0.15, -0.1) is 0 Å². The van der Waals surface area contributed by atoms with E-state index in [1.54, 1.807) is 19.1 Å². The molecule has 0 bridgehead atoms. The predicted octanol–water partition coefficient (Wildman–Crippen LogP) is 1.45. The lowest BCUT2D eigenvalue weighted by molar-refractivity contribution is -0.122. The van der Waals surface area contributed by atoms with Gasteiger partial charge < -0.3 is 10.4 Å². The van der Waals surface area contributed by atoms with E-state index in [0.29, 0.717) is 18.7 Å². The molecule has 0 heterocycles. The van der Waals surface area contributed by atoms with Crippen LogP contribution in [-0.2, 0) is 11.3 Å². The van der Waals surface area contributed by atoms with Gasteiger partial charge in [-0.1, -0.05) is 12.1 Å². The predicted molar refractivity (Wildman–Crippen MR) is 76.8 cm³/mol. The summed E-state index contributed by atoms with van der Waals surface area (Å²) in [6.07, 6.45) is 0. The van der Waals surface area contributed by atoms with E-state index in [9.17, 15) is 9.18 Å². The number of hydrogen-bond donors (Lipinski definition) is 2. The minimum atomic E-state index is -0.263. The summed E-state index contributed by atoms with van der Waals surface area (Å²) in [6.45, 7) is 6.66. The van der Waals surface area contributed by atoms with Gasteiger partial charge in [-0.05, 0) is 38.0 Å². The van der Waals surface area contributed by atoms with Crippen molar-refractivity contribution in [2.24, 2.45) is 0 Å². The van der Waals surface area contributed by atoms with Gasteiger partial charge in [0, 0.05) is 19.1 Å². The second-order valence-electron chi connectivity index (χ2n) is 5.15. The van der Waals surface area contributed by atoms with Crippen molar-refractivity contribution in [1.82, 2.24) is 10.2 Å². The lowest BCUT2D eigenvalue weighted by atomic mass is 10.1. The summed E-state index contributed by atoms with van der Waals surface area (Å²) in [5.41, 5.74) is 1.33. The number of hydrogen-bond acceptors (Lipinski definition) is 3. The van der Waals surface area contributed by atoms with Gasteiger partial charge >= 0.3 is 0 Å². The first-order chi connectivity index (χ1) is 9.43. The highest BCUT2D eigenvalue weighted by atomic mass is 19.1. The molecule has 0 atom stereocenters. The van der Waals surface area contributed by atoms with Crippen molar-refractivity contribution in [2.75, 3.05) is 19.7 Å². The maximum absolute atomic E-state index is 13.4. The molecule has 2 N–H and O–H groups in total. The van der Waals surface area contributed by atoms with Crippen LogP contribution in [-0.4, -0.2) is 41.7 Å². The maximum Gasteiger partial charge on any atom is 0.234 e. The summed E-state index contributed by atoms with van der Waals surface area (Å²) in [5.74, 6) is -0.394. The van der Waals surface area contributed by atoms with Crippen LogP contribution in [0.4, 0.5) is 4.39 Å². The van der Waals surface area contributed by atoms with Crippen LogP contribution in [0.2, 0.25) is 0 Å². The van der Waals surface area contributed by atoms with E-state index in [4.69, 9.17) is 5.11 Å². The Bertz CT molecular complexity index is 449. The number of aliphatic hydroxyl groups is 1. The minimum absolute atomic E-state index is 0.0225. The van der Waals surface area contributed by atoms with Gasteiger partial charge in [0.2, 0.25) is 5.91 Å². The molecule has 0 aromatic heterocycles. The number of nitrogens with zero attached hydrogens (tertiary/aromatic N) is 1. The molecule has 1 rings (SSSR count). The summed E-state index contributed by atoms with van der Waals surface area (Å²) < 4.78 is 13.4. The lowest BCUT2D eigenvalue weighted by Crippen LogP contribution is -2.42. The molecule has 1 aromatic rings. The first-order valence-electron chi connectivity index (χ1n) is 6.80. The number of halogens is 1. The molecule has 1 aromatic carbocycles. The molecule has 1 amide bonds. The molecule has 0 radical (unpaired) electrons. The van der Waals surface area contributed by atoms with E-state index in [1.165, 1.54) is 6.07 Å². The van der Waals surface area contributed by atoms with E-state index in [2.05, 4.69) is 5.32 Å². The first kappa shape index (κ1) is 16.6. The summed E-state index contributed by atoms with van der Waals surface area (Å²) >= 11 is 0. The minimum Gasteiger partial charge on any atom is -0.395 e. The third-order valence-corrected chi connectivity index (χ3v) is 3.19. The molecule has 0 aliphatic heterocycles. The molecule has 0 saturated carbocycles. The molecule has 0 fully saturated rings. The third kappa shape index (κ3) is 5.27. The van der Waals surface area contributed by atoms with Gasteiger partial charge in [0.05, 0.1) is 13.2 Å². The van der Waals surface area contributed by atoms with Crippen LogP contribution in [0, 0.1) is 12.7 Å². The summed E-state index contributed by atoms with van der Waals surface area (Å²) in [4.78, 5) is 13.7. The second kappa shape index (κ2) is 7.97. The molecule has 0 aliphatic carbocycles. The van der Waals surface area contributed by atoms with Crippen molar-refractivity contribution in [3.63, 3.8) is 0 Å². The van der Waals surface area contributed by atoms with Crippen molar-refractivity contribution in [2.45, 2.75) is 33.4 Å². The van der Waals surface area contributed by atoms with Crippen molar-refractivity contribution < 1.29 is 14.3 Å². The molecule has 112 valence electrons. The van der Waals surface area contributed by atoms with E-state index in [-0.39, 0.29) is 30.9 Å². The normalized spacial score (nSPS) is 11.2. The fourth-order valence-electron chi connectivity index (χ4n) is 1.84. The van der Waals surface area contributed by atoms with Crippen LogP contribution >= 0.6 is 0 Å². The van der Waals surface area contributed by atoms with Crippen LogP contribution in [0.25, 0.3) is 0 Å². The molecule has 4 nitrogen and oxygen atoms in total. The van der Waals surface area contributed by atoms with Gasteiger partial charge in [-0.2, -0.15) is 0 Å². The van der Waals surface area contributed by atoms with Crippen LogP contribution < -0.4 is 5.32 Å². The zero-order valence-corrected chi connectivity index (χ0v) is 12.3. The highest BCUT2D eigenvalue weighted by Crippen LogP contribution is 2.08. The Morgan fingerprint density at radius 1 is 1.45 bits per heavy atom. The first-order valence-corrected chi connectivity index (χ1v) is 6.80. The van der Waals surface area contributed by atoms with Crippen molar-refractivity contribution in [1.29, 1.82) is 0 Å². The Morgan fingerprint density at radius 3 is 2.70 bits per heavy atom. The van der Waals surface area contributed by atoms with Crippen LogP contribution in [0.5, 0.6) is 0 Å². The molecule has 0 aliphatic rings. The maximum atomic E-state index is 13.4. The zero-order chi connectivity index (χ0) is 15.1. The monoisotopic (exact) mass is 282 g/mol. The standard InChI is InChI=1S/C15H23FN2O2/c1-11(2)18(6-7-19)10-15(20)17-9-13-5-4-12(3)14(16)8-13/h4-5,8,11,19H,6-7,9-10H2,1-3H3,(H,17,20). The number of carbonyl (C=O) groups is 1. The van der Waals surface area contributed by atoms with Gasteiger partial charge in [0.25, 0.3) is 0 Å². The largest absolute Gasteiger partial charge is 0.395 e. The number of aliphatic hydroxyl groups excluding tert-OH is 1. The van der Waals surface area contributed by atoms with Gasteiger partial charge in [0.15, 0.2) is 0 Å². The van der Waals surface area contributed by atoms with Crippen LogP contribution in [0.3, 0.4) is 0 Å². The van der Waals surface area contributed by atoms with E-state index >= 15 is 0 Å². The zero-order valence-electron chi connectivity index (χ0n) is 12.3. The second-order valence-corrected chi connectivity index (χ2v) is 5.15. The molecule has 5 heteroatoms. The Labute approximate surface area is 119 Å². The third-order valence-electron chi connectivity index (χ3n) is 3.19. The Balaban J connectivity index is 2.48. The molecular weight excluding hydrogens is 259 g/mol. The highest BCUT2D eigenvalue weighted by molar-refractivity contribution is 5.78. The quantitative estimate of drug-likeness (QED) is 0.796. The topological polar surface area (TPSA) is 52.6 Å². The van der Waals surface area contributed by atoms with Gasteiger partial charge in [-0.3, -0.25) is 9.69 Å². The van der Waals surface area contributed by atoms with Crippen molar-refractivity contribution in [3.8, 4) is 0 Å². The van der Waals surface area contributed by atoms with Crippen molar-refractivity contribution in [3.05, 3.63) is 35.1 Å². The number of carbonyl (C=O) groups excluding carboxylic acids is 1. The molecule has 20 heavy (non-hydrogen) atoms. The number of rotatable bonds is 7. The Kier molecular flexibility index (Phi) is 6.61. The van der Waals surface area contributed by atoms with E-state index < -0.39 is 0 Å². The summed E-state index contributed by atoms with van der Waals surface area (Å²) in [7, 11) is 0. The fourth-order valence-corrected chi connectivity index (χ4v) is 1.84. The summed E-state index contributed by atoms with van der Waals surface area (Å²) in [5, 5.41) is 11.7. The number of benzene rings is 1. The molecular formula is C15H23FN2O2. The highest BCUT2D eigenvalue weighted by Gasteiger charge is 2.13.